The van der Waals surface area contributed by atoms with Crippen molar-refractivity contribution in [2.75, 3.05) is 6.54 Å². The molecule has 168 valence electrons. The first kappa shape index (κ1) is 21.8. The molecule has 2 atom stereocenters. The van der Waals surface area contributed by atoms with E-state index in [9.17, 15) is 18.4 Å². The highest BCUT2D eigenvalue weighted by atomic mass is 19.1. The zero-order valence-corrected chi connectivity index (χ0v) is 17.6. The third kappa shape index (κ3) is 4.58. The van der Waals surface area contributed by atoms with Crippen molar-refractivity contribution >= 4 is 5.91 Å². The fourth-order valence-corrected chi connectivity index (χ4v) is 3.70. The van der Waals surface area contributed by atoms with Crippen LogP contribution in [0.3, 0.4) is 0 Å². The summed E-state index contributed by atoms with van der Waals surface area (Å²) in [4.78, 5) is 24.6. The molecular formula is C21H23F2N7O2. The predicted octanol–water partition coefficient (Wildman–Crippen LogP) is 1.05. The second-order valence-electron chi connectivity index (χ2n) is 7.68. The number of nitrogens with one attached hydrogen (secondary N) is 3. The average molecular weight is 443 g/mol. The molecule has 0 aliphatic carbocycles. The molecule has 3 heterocycles. The number of nitrogens with zero attached hydrogens (tertiary/aromatic N) is 4. The van der Waals surface area contributed by atoms with Crippen LogP contribution in [-0.4, -0.2) is 38.1 Å². The first-order chi connectivity index (χ1) is 15.3. The lowest BCUT2D eigenvalue weighted by molar-refractivity contribution is -0.122. The maximum Gasteiger partial charge on any atom is 0.266 e. The van der Waals surface area contributed by atoms with E-state index in [1.54, 1.807) is 10.7 Å². The minimum Gasteiger partial charge on any atom is -0.353 e. The van der Waals surface area contributed by atoms with Gasteiger partial charge >= 0.3 is 0 Å². The summed E-state index contributed by atoms with van der Waals surface area (Å²) in [6, 6.07) is 7.20. The van der Waals surface area contributed by atoms with E-state index in [2.05, 4.69) is 26.4 Å². The summed E-state index contributed by atoms with van der Waals surface area (Å²) in [6.07, 6.45) is 0.292. The van der Waals surface area contributed by atoms with Crippen molar-refractivity contribution in [2.45, 2.75) is 38.9 Å². The zero-order valence-electron chi connectivity index (χ0n) is 17.6. The molecule has 1 fully saturated rings. The summed E-state index contributed by atoms with van der Waals surface area (Å²) >= 11 is 0. The third-order valence-electron chi connectivity index (χ3n) is 5.26. The van der Waals surface area contributed by atoms with Crippen molar-refractivity contribution in [3.05, 3.63) is 75.3 Å². The molecule has 3 aromatic rings. The van der Waals surface area contributed by atoms with E-state index in [1.165, 1.54) is 22.9 Å². The molecule has 1 saturated heterocycles. The van der Waals surface area contributed by atoms with Gasteiger partial charge in [0.2, 0.25) is 5.91 Å². The van der Waals surface area contributed by atoms with Gasteiger partial charge < -0.3 is 5.32 Å². The van der Waals surface area contributed by atoms with Crippen molar-refractivity contribution in [1.82, 2.24) is 35.7 Å². The van der Waals surface area contributed by atoms with E-state index in [1.807, 2.05) is 19.9 Å². The predicted molar refractivity (Wildman–Crippen MR) is 112 cm³/mol. The van der Waals surface area contributed by atoms with E-state index in [4.69, 9.17) is 0 Å². The average Bonchev–Trinajstić information content (AvgIpc) is 3.36. The standard InChI is InChI=1S/C21H23F2N7O2/c1-12-9-13(2)30(27-12)19-5-6-20(31)29(28-19)8-7-24-21(32)18-11-17(25-26-18)15-4-3-14(22)10-16(15)23/h3-6,9-10,17-18,25-26H,7-8,11H2,1-2H3,(H,24,32). The number of benzene rings is 1. The maximum atomic E-state index is 14.0. The monoisotopic (exact) mass is 443 g/mol. The van der Waals surface area contributed by atoms with Gasteiger partial charge in [-0.15, -0.1) is 5.10 Å². The number of carbonyl (C=O) groups excluding carboxylic acids is 1. The quantitative estimate of drug-likeness (QED) is 0.526. The number of hydrogen-bond acceptors (Lipinski definition) is 6. The molecule has 3 N–H and O–H groups in total. The highest BCUT2D eigenvalue weighted by Crippen LogP contribution is 2.25. The number of carbonyl (C=O) groups is 1. The van der Waals surface area contributed by atoms with Crippen molar-refractivity contribution in [3.63, 3.8) is 0 Å². The van der Waals surface area contributed by atoms with Crippen molar-refractivity contribution in [3.8, 4) is 5.82 Å². The lowest BCUT2D eigenvalue weighted by Crippen LogP contribution is -2.44. The van der Waals surface area contributed by atoms with E-state index in [0.717, 1.165) is 17.5 Å². The summed E-state index contributed by atoms with van der Waals surface area (Å²) in [5, 5.41) is 11.4. The van der Waals surface area contributed by atoms with Crippen LogP contribution in [0.2, 0.25) is 0 Å². The Bertz CT molecular complexity index is 1210. The fraction of sp³-hybridized carbons (Fsp3) is 0.333. The molecule has 1 aliphatic rings. The van der Waals surface area contributed by atoms with Crippen LogP contribution in [0.1, 0.15) is 29.4 Å². The van der Waals surface area contributed by atoms with Gasteiger partial charge in [0.1, 0.15) is 17.7 Å². The SMILES string of the molecule is Cc1cc(C)n(-c2ccc(=O)n(CCNC(=O)C3CC(c4ccc(F)cc4F)NN3)n2)n1. The molecular weight excluding hydrogens is 420 g/mol. The fourth-order valence-electron chi connectivity index (χ4n) is 3.70. The summed E-state index contributed by atoms with van der Waals surface area (Å²) in [6.45, 7) is 4.12. The van der Waals surface area contributed by atoms with Gasteiger partial charge in [-0.2, -0.15) is 5.10 Å². The smallest absolute Gasteiger partial charge is 0.266 e. The number of halogens is 2. The van der Waals surface area contributed by atoms with E-state index >= 15 is 0 Å². The van der Waals surface area contributed by atoms with Crippen LogP contribution in [0.5, 0.6) is 0 Å². The van der Waals surface area contributed by atoms with Crippen molar-refractivity contribution < 1.29 is 13.6 Å². The van der Waals surface area contributed by atoms with Crippen LogP contribution in [0, 0.1) is 25.5 Å². The molecule has 2 unspecified atom stereocenters. The molecule has 32 heavy (non-hydrogen) atoms. The molecule has 0 saturated carbocycles. The van der Waals surface area contributed by atoms with E-state index in [-0.39, 0.29) is 30.1 Å². The molecule has 0 bridgehead atoms. The Morgan fingerprint density at radius 2 is 1.97 bits per heavy atom. The first-order valence-corrected chi connectivity index (χ1v) is 10.2. The van der Waals surface area contributed by atoms with Gasteiger partial charge in [-0.1, -0.05) is 6.07 Å². The van der Waals surface area contributed by atoms with Gasteiger partial charge in [0.25, 0.3) is 5.56 Å². The maximum absolute atomic E-state index is 14.0. The number of aryl methyl sites for hydroxylation is 2. The highest BCUT2D eigenvalue weighted by Gasteiger charge is 2.31. The lowest BCUT2D eigenvalue weighted by atomic mass is 10.0. The Labute approximate surface area is 182 Å². The molecule has 2 aromatic heterocycles. The molecule has 1 aromatic carbocycles. The Morgan fingerprint density at radius 1 is 1.16 bits per heavy atom. The van der Waals surface area contributed by atoms with Crippen LogP contribution < -0.4 is 21.7 Å². The number of amides is 1. The van der Waals surface area contributed by atoms with Crippen LogP contribution in [0.4, 0.5) is 8.78 Å². The number of hydrogen-bond donors (Lipinski definition) is 3. The van der Waals surface area contributed by atoms with E-state index < -0.39 is 23.7 Å². The Kier molecular flexibility index (Phi) is 6.10. The van der Waals surface area contributed by atoms with E-state index in [0.29, 0.717) is 12.2 Å². The summed E-state index contributed by atoms with van der Waals surface area (Å²) in [5.41, 5.74) is 7.41. The highest BCUT2D eigenvalue weighted by molar-refractivity contribution is 5.82. The molecule has 0 spiro atoms. The Morgan fingerprint density at radius 3 is 2.69 bits per heavy atom. The normalized spacial score (nSPS) is 18.1. The number of hydrazine groups is 1. The molecule has 1 aliphatic heterocycles. The van der Waals surface area contributed by atoms with Crippen LogP contribution in [0.15, 0.2) is 41.2 Å². The molecule has 0 radical (unpaired) electrons. The number of rotatable bonds is 6. The number of aromatic nitrogens is 4. The Balaban J connectivity index is 1.35. The topological polar surface area (TPSA) is 106 Å². The van der Waals surface area contributed by atoms with Gasteiger partial charge in [0, 0.05) is 29.9 Å². The van der Waals surface area contributed by atoms with Gasteiger partial charge in [-0.3, -0.25) is 9.59 Å². The van der Waals surface area contributed by atoms with Crippen molar-refractivity contribution in [1.29, 1.82) is 0 Å². The first-order valence-electron chi connectivity index (χ1n) is 10.2. The molecule has 4 rings (SSSR count). The molecule has 1 amide bonds. The summed E-state index contributed by atoms with van der Waals surface area (Å²) < 4.78 is 30.0. The summed E-state index contributed by atoms with van der Waals surface area (Å²) in [7, 11) is 0. The third-order valence-corrected chi connectivity index (χ3v) is 5.26. The van der Waals surface area contributed by atoms with Gasteiger partial charge in [-0.25, -0.2) is 29.0 Å². The van der Waals surface area contributed by atoms with Crippen LogP contribution >= 0.6 is 0 Å². The lowest BCUT2D eigenvalue weighted by Gasteiger charge is -2.12. The second-order valence-corrected chi connectivity index (χ2v) is 7.68. The second kappa shape index (κ2) is 8.97. The van der Waals surface area contributed by atoms with Gasteiger partial charge in [-0.05, 0) is 38.5 Å². The minimum absolute atomic E-state index is 0.174. The van der Waals surface area contributed by atoms with Crippen molar-refractivity contribution in [2.24, 2.45) is 0 Å². The van der Waals surface area contributed by atoms with Gasteiger partial charge in [0.15, 0.2) is 5.82 Å². The van der Waals surface area contributed by atoms with Crippen LogP contribution in [-0.2, 0) is 11.3 Å². The zero-order chi connectivity index (χ0) is 22.8. The Hall–Kier alpha value is -3.44. The van der Waals surface area contributed by atoms with Crippen LogP contribution in [0.25, 0.3) is 5.82 Å². The minimum atomic E-state index is -0.668. The largest absolute Gasteiger partial charge is 0.353 e. The summed E-state index contributed by atoms with van der Waals surface area (Å²) in [5.74, 6) is -1.12. The molecule has 9 nitrogen and oxygen atoms in total. The van der Waals surface area contributed by atoms with Gasteiger partial charge in [0.05, 0.1) is 18.3 Å². The molecule has 11 heteroatoms.